The summed E-state index contributed by atoms with van der Waals surface area (Å²) in [6, 6.07) is 5.71. The number of rotatable bonds is 3. The predicted molar refractivity (Wildman–Crippen MR) is 83.2 cm³/mol. The molecule has 3 atom stereocenters. The first-order valence-corrected chi connectivity index (χ1v) is 9.55. The van der Waals surface area contributed by atoms with E-state index in [1.807, 2.05) is 6.92 Å². The molecule has 0 aliphatic carbocycles. The van der Waals surface area contributed by atoms with Gasteiger partial charge in [-0.2, -0.15) is 0 Å². The summed E-state index contributed by atoms with van der Waals surface area (Å²) in [5, 5.41) is 0. The smallest absolute Gasteiger partial charge is 0.226 e. The first-order chi connectivity index (χ1) is 10.9. The standard InChI is InChI=1S/C16H20FNO4S/c1-11(8-12-2-4-13(17)5-3-12)16(19)18-6-7-22-15-10-23(20,21)9-14(15)18/h2-5,11,14-15H,6-10H2,1H3. The summed E-state index contributed by atoms with van der Waals surface area (Å²) in [4.78, 5) is 14.4. The van der Waals surface area contributed by atoms with Crippen molar-refractivity contribution >= 4 is 15.7 Å². The Morgan fingerprint density at radius 3 is 2.74 bits per heavy atom. The van der Waals surface area contributed by atoms with Crippen molar-refractivity contribution in [1.29, 1.82) is 0 Å². The predicted octanol–water partition coefficient (Wildman–Crippen LogP) is 1.03. The van der Waals surface area contributed by atoms with Gasteiger partial charge in [0.15, 0.2) is 9.84 Å². The van der Waals surface area contributed by atoms with Crippen molar-refractivity contribution in [2.45, 2.75) is 25.5 Å². The number of halogens is 1. The Kier molecular flexibility index (Phi) is 4.42. The van der Waals surface area contributed by atoms with Gasteiger partial charge in [-0.3, -0.25) is 4.79 Å². The fraction of sp³-hybridized carbons (Fsp3) is 0.562. The molecule has 3 rings (SSSR count). The van der Waals surface area contributed by atoms with E-state index < -0.39 is 15.9 Å². The highest BCUT2D eigenvalue weighted by Crippen LogP contribution is 2.26. The number of hydrogen-bond donors (Lipinski definition) is 0. The van der Waals surface area contributed by atoms with Crippen LogP contribution >= 0.6 is 0 Å². The van der Waals surface area contributed by atoms with Crippen LogP contribution in [0.1, 0.15) is 12.5 Å². The molecule has 0 saturated carbocycles. The molecule has 2 fully saturated rings. The summed E-state index contributed by atoms with van der Waals surface area (Å²) in [7, 11) is -3.15. The molecule has 1 amide bonds. The molecule has 2 aliphatic rings. The van der Waals surface area contributed by atoms with Crippen LogP contribution in [-0.2, 0) is 25.8 Å². The normalized spacial score (nSPS) is 27.5. The molecular formula is C16H20FNO4S. The van der Waals surface area contributed by atoms with E-state index in [0.717, 1.165) is 5.56 Å². The van der Waals surface area contributed by atoms with Crippen molar-refractivity contribution in [2.24, 2.45) is 5.92 Å². The number of hydrogen-bond acceptors (Lipinski definition) is 4. The molecule has 0 radical (unpaired) electrons. The van der Waals surface area contributed by atoms with E-state index >= 15 is 0 Å². The highest BCUT2D eigenvalue weighted by atomic mass is 32.2. The third-order valence-corrected chi connectivity index (χ3v) is 6.18. The quantitative estimate of drug-likeness (QED) is 0.824. The van der Waals surface area contributed by atoms with E-state index in [9.17, 15) is 17.6 Å². The van der Waals surface area contributed by atoms with Gasteiger partial charge in [0.25, 0.3) is 0 Å². The van der Waals surface area contributed by atoms with Crippen LogP contribution in [0.3, 0.4) is 0 Å². The van der Waals surface area contributed by atoms with Crippen LogP contribution in [0.4, 0.5) is 4.39 Å². The van der Waals surface area contributed by atoms with Crippen LogP contribution < -0.4 is 0 Å². The topological polar surface area (TPSA) is 63.7 Å². The Morgan fingerprint density at radius 1 is 1.35 bits per heavy atom. The van der Waals surface area contributed by atoms with Gasteiger partial charge in [-0.25, -0.2) is 12.8 Å². The van der Waals surface area contributed by atoms with E-state index in [-0.39, 0.29) is 35.2 Å². The second kappa shape index (κ2) is 6.20. The molecular weight excluding hydrogens is 321 g/mol. The van der Waals surface area contributed by atoms with E-state index in [1.54, 1.807) is 17.0 Å². The van der Waals surface area contributed by atoms with Crippen molar-refractivity contribution in [3.63, 3.8) is 0 Å². The molecule has 2 saturated heterocycles. The van der Waals surface area contributed by atoms with E-state index in [2.05, 4.69) is 0 Å². The molecule has 1 aromatic rings. The number of nitrogens with zero attached hydrogens (tertiary/aromatic N) is 1. The Bertz CT molecular complexity index is 689. The molecule has 5 nitrogen and oxygen atoms in total. The number of fused-ring (bicyclic) bond motifs is 1. The molecule has 0 N–H and O–H groups in total. The van der Waals surface area contributed by atoms with Crippen LogP contribution in [0.5, 0.6) is 0 Å². The summed E-state index contributed by atoms with van der Waals surface area (Å²) < 4.78 is 42.1. The van der Waals surface area contributed by atoms with Crippen LogP contribution in [0.2, 0.25) is 0 Å². The molecule has 2 heterocycles. The second-order valence-corrected chi connectivity index (χ2v) is 8.47. The van der Waals surface area contributed by atoms with Crippen molar-refractivity contribution < 1.29 is 22.3 Å². The zero-order valence-electron chi connectivity index (χ0n) is 12.9. The lowest BCUT2D eigenvalue weighted by molar-refractivity contribution is -0.146. The summed E-state index contributed by atoms with van der Waals surface area (Å²) in [6.45, 7) is 2.61. The lowest BCUT2D eigenvalue weighted by Gasteiger charge is -2.38. The lowest BCUT2D eigenvalue weighted by atomic mass is 9.98. The molecule has 7 heteroatoms. The number of carbonyl (C=O) groups is 1. The third-order valence-electron chi connectivity index (χ3n) is 4.50. The molecule has 23 heavy (non-hydrogen) atoms. The van der Waals surface area contributed by atoms with Crippen LogP contribution in [-0.4, -0.2) is 56.0 Å². The van der Waals surface area contributed by atoms with Crippen molar-refractivity contribution in [2.75, 3.05) is 24.7 Å². The molecule has 0 bridgehead atoms. The van der Waals surface area contributed by atoms with Gasteiger partial charge in [0.1, 0.15) is 5.82 Å². The van der Waals surface area contributed by atoms with E-state index in [1.165, 1.54) is 12.1 Å². The van der Waals surface area contributed by atoms with E-state index in [4.69, 9.17) is 4.74 Å². The third kappa shape index (κ3) is 3.55. The molecule has 126 valence electrons. The lowest BCUT2D eigenvalue weighted by Crippen LogP contribution is -2.54. The van der Waals surface area contributed by atoms with Crippen LogP contribution in [0, 0.1) is 11.7 Å². The first-order valence-electron chi connectivity index (χ1n) is 7.73. The summed E-state index contributed by atoms with van der Waals surface area (Å²) >= 11 is 0. The summed E-state index contributed by atoms with van der Waals surface area (Å²) in [5.41, 5.74) is 0.885. The number of amides is 1. The fourth-order valence-corrected chi connectivity index (χ4v) is 5.20. The number of sulfone groups is 1. The van der Waals surface area contributed by atoms with Gasteiger partial charge in [0, 0.05) is 12.5 Å². The fourth-order valence-electron chi connectivity index (χ4n) is 3.33. The second-order valence-electron chi connectivity index (χ2n) is 6.32. The van der Waals surface area contributed by atoms with Crippen molar-refractivity contribution in [3.05, 3.63) is 35.6 Å². The Hall–Kier alpha value is -1.47. The number of benzene rings is 1. The largest absolute Gasteiger partial charge is 0.373 e. The summed E-state index contributed by atoms with van der Waals surface area (Å²) in [5.74, 6) is -0.687. The SMILES string of the molecule is CC(Cc1ccc(F)cc1)C(=O)N1CCOC2CS(=O)(=O)CC21. The Morgan fingerprint density at radius 2 is 2.04 bits per heavy atom. The monoisotopic (exact) mass is 341 g/mol. The molecule has 0 spiro atoms. The maximum absolute atomic E-state index is 12.9. The first kappa shape index (κ1) is 16.4. The van der Waals surface area contributed by atoms with Gasteiger partial charge in [0.2, 0.25) is 5.91 Å². The minimum absolute atomic E-state index is 0.00616. The number of ether oxygens (including phenoxy) is 1. The van der Waals surface area contributed by atoms with Crippen molar-refractivity contribution in [1.82, 2.24) is 4.90 Å². The minimum Gasteiger partial charge on any atom is -0.373 e. The van der Waals surface area contributed by atoms with Gasteiger partial charge in [-0.15, -0.1) is 0 Å². The molecule has 0 aromatic heterocycles. The van der Waals surface area contributed by atoms with Gasteiger partial charge >= 0.3 is 0 Å². The van der Waals surface area contributed by atoms with Crippen LogP contribution in [0.15, 0.2) is 24.3 Å². The van der Waals surface area contributed by atoms with E-state index in [0.29, 0.717) is 19.6 Å². The Labute approximate surface area is 135 Å². The minimum atomic E-state index is -3.15. The molecule has 1 aromatic carbocycles. The highest BCUT2D eigenvalue weighted by molar-refractivity contribution is 7.91. The number of carbonyl (C=O) groups excluding carboxylic acids is 1. The zero-order valence-corrected chi connectivity index (χ0v) is 13.8. The maximum atomic E-state index is 12.9. The molecule has 2 aliphatic heterocycles. The van der Waals surface area contributed by atoms with Gasteiger partial charge < -0.3 is 9.64 Å². The summed E-state index contributed by atoms with van der Waals surface area (Å²) in [6.07, 6.45) is 0.0939. The zero-order chi connectivity index (χ0) is 16.6. The number of morpholine rings is 1. The highest BCUT2D eigenvalue weighted by Gasteiger charge is 2.46. The maximum Gasteiger partial charge on any atom is 0.226 e. The molecule has 3 unspecified atom stereocenters. The average molecular weight is 341 g/mol. The Balaban J connectivity index is 1.70. The average Bonchev–Trinajstić information content (AvgIpc) is 2.82. The van der Waals surface area contributed by atoms with Gasteiger partial charge in [0.05, 0.1) is 30.3 Å². The van der Waals surface area contributed by atoms with Gasteiger partial charge in [-0.1, -0.05) is 19.1 Å². The van der Waals surface area contributed by atoms with Crippen LogP contribution in [0.25, 0.3) is 0 Å². The van der Waals surface area contributed by atoms with Gasteiger partial charge in [-0.05, 0) is 24.1 Å². The van der Waals surface area contributed by atoms with Crippen molar-refractivity contribution in [3.8, 4) is 0 Å².